The third-order valence-electron chi connectivity index (χ3n) is 3.30. The molecule has 1 aromatic rings. The number of thiophene rings is 1. The molecule has 0 amide bonds. The Morgan fingerprint density at radius 2 is 2.04 bits per heavy atom. The van der Waals surface area contributed by atoms with Gasteiger partial charge in [-0.3, -0.25) is 4.99 Å². The summed E-state index contributed by atoms with van der Waals surface area (Å²) < 4.78 is 5.46. The standard InChI is InChI=1S/C18H33N3O2S.HI/c1-5-19-18(21-11-16(22)13-23-12-14(2)3)20-10-15(4)9-17-7-6-8-24-17;/h6-8,14-16,22H,5,9-13H2,1-4H3,(H2,19,20,21);1H. The highest BCUT2D eigenvalue weighted by Gasteiger charge is 2.08. The summed E-state index contributed by atoms with van der Waals surface area (Å²) >= 11 is 1.79. The van der Waals surface area contributed by atoms with Gasteiger partial charge in [0.15, 0.2) is 5.96 Å². The maximum atomic E-state index is 9.96. The second kappa shape index (κ2) is 14.8. The number of hydrogen-bond acceptors (Lipinski definition) is 4. The normalized spacial score (nSPS) is 14.1. The Morgan fingerprint density at radius 3 is 2.64 bits per heavy atom. The molecule has 0 bridgehead atoms. The first-order valence-corrected chi connectivity index (χ1v) is 9.69. The minimum absolute atomic E-state index is 0. The van der Waals surface area contributed by atoms with Crippen molar-refractivity contribution in [3.63, 3.8) is 0 Å². The third kappa shape index (κ3) is 12.6. The summed E-state index contributed by atoms with van der Waals surface area (Å²) in [5.74, 6) is 1.71. The maximum absolute atomic E-state index is 9.96. The van der Waals surface area contributed by atoms with Crippen LogP contribution in [0.4, 0.5) is 0 Å². The first-order chi connectivity index (χ1) is 11.5. The molecule has 0 saturated carbocycles. The van der Waals surface area contributed by atoms with Gasteiger partial charge in [0.25, 0.3) is 0 Å². The molecule has 0 aliphatic heterocycles. The van der Waals surface area contributed by atoms with Gasteiger partial charge < -0.3 is 20.5 Å². The molecule has 0 spiro atoms. The van der Waals surface area contributed by atoms with Gasteiger partial charge in [0.05, 0.1) is 12.7 Å². The number of rotatable bonds is 11. The van der Waals surface area contributed by atoms with Crippen LogP contribution in [0.1, 0.15) is 32.6 Å². The number of aliphatic hydroxyl groups is 1. The van der Waals surface area contributed by atoms with Gasteiger partial charge in [-0.25, -0.2) is 0 Å². The molecule has 1 aromatic heterocycles. The van der Waals surface area contributed by atoms with Crippen molar-refractivity contribution in [2.24, 2.45) is 16.8 Å². The molecular weight excluding hydrogens is 449 g/mol. The van der Waals surface area contributed by atoms with E-state index in [1.54, 1.807) is 11.3 Å². The number of nitrogens with one attached hydrogen (secondary N) is 2. The van der Waals surface area contributed by atoms with E-state index in [9.17, 15) is 5.11 Å². The van der Waals surface area contributed by atoms with Gasteiger partial charge >= 0.3 is 0 Å². The van der Waals surface area contributed by atoms with Gasteiger partial charge in [-0.15, -0.1) is 35.3 Å². The molecule has 3 N–H and O–H groups in total. The van der Waals surface area contributed by atoms with E-state index in [4.69, 9.17) is 4.74 Å². The maximum Gasteiger partial charge on any atom is 0.191 e. The molecule has 5 nitrogen and oxygen atoms in total. The van der Waals surface area contributed by atoms with Crippen molar-refractivity contribution in [2.45, 2.75) is 40.2 Å². The quantitative estimate of drug-likeness (QED) is 0.257. The summed E-state index contributed by atoms with van der Waals surface area (Å²) in [6.07, 6.45) is 0.517. The predicted molar refractivity (Wildman–Crippen MR) is 118 cm³/mol. The number of ether oxygens (including phenoxy) is 1. The van der Waals surface area contributed by atoms with E-state index in [2.05, 4.69) is 53.9 Å². The second-order valence-corrected chi connectivity index (χ2v) is 7.61. The van der Waals surface area contributed by atoms with Crippen molar-refractivity contribution in [2.75, 3.05) is 32.8 Å². The van der Waals surface area contributed by atoms with Crippen molar-refractivity contribution in [3.8, 4) is 0 Å². The topological polar surface area (TPSA) is 65.9 Å². The average molecular weight is 483 g/mol. The minimum Gasteiger partial charge on any atom is -0.389 e. The van der Waals surface area contributed by atoms with Crippen LogP contribution < -0.4 is 10.6 Å². The Balaban J connectivity index is 0.00000576. The Hall–Kier alpha value is -0.380. The van der Waals surface area contributed by atoms with Crippen LogP contribution in [0.15, 0.2) is 22.5 Å². The smallest absolute Gasteiger partial charge is 0.191 e. The number of halogens is 1. The number of aliphatic hydroxyl groups excluding tert-OH is 1. The van der Waals surface area contributed by atoms with Gasteiger partial charge in [-0.2, -0.15) is 0 Å². The predicted octanol–water partition coefficient (Wildman–Crippen LogP) is 3.13. The summed E-state index contributed by atoms with van der Waals surface area (Å²) in [5, 5.41) is 18.5. The van der Waals surface area contributed by atoms with Crippen LogP contribution >= 0.6 is 35.3 Å². The van der Waals surface area contributed by atoms with Crippen LogP contribution in [0.2, 0.25) is 0 Å². The molecule has 0 aliphatic rings. The largest absolute Gasteiger partial charge is 0.389 e. The lowest BCUT2D eigenvalue weighted by atomic mass is 10.1. The fraction of sp³-hybridized carbons (Fsp3) is 0.722. The number of hydrogen-bond donors (Lipinski definition) is 3. The van der Waals surface area contributed by atoms with E-state index in [1.807, 2.05) is 6.92 Å². The van der Waals surface area contributed by atoms with E-state index in [0.29, 0.717) is 31.6 Å². The lowest BCUT2D eigenvalue weighted by molar-refractivity contribution is 0.0280. The van der Waals surface area contributed by atoms with Crippen molar-refractivity contribution < 1.29 is 9.84 Å². The van der Waals surface area contributed by atoms with Gasteiger partial charge in [-0.05, 0) is 36.6 Å². The molecule has 0 aliphatic carbocycles. The highest BCUT2D eigenvalue weighted by Crippen LogP contribution is 2.14. The van der Waals surface area contributed by atoms with Crippen LogP contribution in [0.5, 0.6) is 0 Å². The van der Waals surface area contributed by atoms with Crippen molar-refractivity contribution in [1.82, 2.24) is 10.6 Å². The molecule has 1 rings (SSSR count). The molecule has 1 heterocycles. The lowest BCUT2D eigenvalue weighted by Gasteiger charge is -2.16. The summed E-state index contributed by atoms with van der Waals surface area (Å²) in [7, 11) is 0. The zero-order valence-corrected chi connectivity index (χ0v) is 19.0. The highest BCUT2D eigenvalue weighted by molar-refractivity contribution is 14.0. The molecule has 0 radical (unpaired) electrons. The van der Waals surface area contributed by atoms with E-state index in [-0.39, 0.29) is 24.0 Å². The Kier molecular flexibility index (Phi) is 14.5. The van der Waals surface area contributed by atoms with Gasteiger partial charge in [0, 0.05) is 31.1 Å². The zero-order chi connectivity index (χ0) is 17.8. The van der Waals surface area contributed by atoms with Crippen molar-refractivity contribution in [1.29, 1.82) is 0 Å². The molecule has 2 unspecified atom stereocenters. The Labute approximate surface area is 173 Å². The average Bonchev–Trinajstić information content (AvgIpc) is 3.02. The minimum atomic E-state index is -0.531. The van der Waals surface area contributed by atoms with Crippen molar-refractivity contribution in [3.05, 3.63) is 22.4 Å². The monoisotopic (exact) mass is 483 g/mol. The van der Waals surface area contributed by atoms with Crippen molar-refractivity contribution >= 4 is 41.3 Å². The summed E-state index contributed by atoms with van der Waals surface area (Å²) in [4.78, 5) is 6.02. The number of nitrogens with zero attached hydrogens (tertiary/aromatic N) is 1. The van der Waals surface area contributed by atoms with E-state index in [1.165, 1.54) is 4.88 Å². The van der Waals surface area contributed by atoms with E-state index in [0.717, 1.165) is 25.5 Å². The summed E-state index contributed by atoms with van der Waals surface area (Å²) in [6.45, 7) is 11.4. The van der Waals surface area contributed by atoms with Crippen LogP contribution in [-0.2, 0) is 11.2 Å². The molecule has 7 heteroatoms. The molecule has 0 aromatic carbocycles. The molecule has 146 valence electrons. The van der Waals surface area contributed by atoms with Gasteiger partial charge in [0.1, 0.15) is 0 Å². The van der Waals surface area contributed by atoms with Crippen LogP contribution in [-0.4, -0.2) is 50.0 Å². The van der Waals surface area contributed by atoms with Gasteiger partial charge in [0.2, 0.25) is 0 Å². The van der Waals surface area contributed by atoms with Gasteiger partial charge in [-0.1, -0.05) is 26.8 Å². The molecule has 0 saturated heterocycles. The molecule has 2 atom stereocenters. The number of guanidine groups is 1. The molecular formula is C18H34IN3O2S. The summed E-state index contributed by atoms with van der Waals surface area (Å²) in [5.41, 5.74) is 0. The fourth-order valence-electron chi connectivity index (χ4n) is 2.14. The highest BCUT2D eigenvalue weighted by atomic mass is 127. The first kappa shape index (κ1) is 24.6. The SMILES string of the molecule is CCNC(=NCC(C)Cc1cccs1)NCC(O)COCC(C)C.I. The Morgan fingerprint density at radius 1 is 1.28 bits per heavy atom. The molecule has 0 fully saturated rings. The third-order valence-corrected chi connectivity index (χ3v) is 4.20. The zero-order valence-electron chi connectivity index (χ0n) is 15.8. The summed E-state index contributed by atoms with van der Waals surface area (Å²) in [6, 6.07) is 4.26. The van der Waals surface area contributed by atoms with E-state index < -0.39 is 6.10 Å². The molecule has 25 heavy (non-hydrogen) atoms. The first-order valence-electron chi connectivity index (χ1n) is 8.81. The Bertz CT molecular complexity index is 455. The van der Waals surface area contributed by atoms with Crippen LogP contribution in [0.25, 0.3) is 0 Å². The van der Waals surface area contributed by atoms with E-state index >= 15 is 0 Å². The number of aliphatic imine (C=N–C) groups is 1. The second-order valence-electron chi connectivity index (χ2n) is 6.57. The van der Waals surface area contributed by atoms with Crippen LogP contribution in [0, 0.1) is 11.8 Å². The fourth-order valence-corrected chi connectivity index (χ4v) is 3.01. The lowest BCUT2D eigenvalue weighted by Crippen LogP contribution is -2.42. The van der Waals surface area contributed by atoms with Crippen LogP contribution in [0.3, 0.4) is 0 Å².